The Bertz CT molecular complexity index is 297. The number of hydrogen-bond acceptors (Lipinski definition) is 2. The van der Waals surface area contributed by atoms with Crippen LogP contribution in [0.5, 0.6) is 0 Å². The zero-order valence-electron chi connectivity index (χ0n) is 7.07. The lowest BCUT2D eigenvalue weighted by Crippen LogP contribution is -3.00. The minimum Gasteiger partial charge on any atom is -0.307 e. The van der Waals surface area contributed by atoms with E-state index < -0.39 is 0 Å². The molecule has 0 aliphatic heterocycles. The monoisotopic (exact) mass is 167 g/mol. The van der Waals surface area contributed by atoms with E-state index >= 15 is 0 Å². The first-order valence-electron chi connectivity index (χ1n) is 3.66. The zero-order valence-corrected chi connectivity index (χ0v) is 7.07. The number of rotatable bonds is 2. The highest BCUT2D eigenvalue weighted by atomic mass is 16.6. The molecular weight excluding hydrogens is 156 g/mol. The van der Waals surface area contributed by atoms with E-state index in [-0.39, 0.29) is 10.6 Å². The van der Waals surface area contributed by atoms with Crippen LogP contribution in [0.15, 0.2) is 24.3 Å². The predicted octanol–water partition coefficient (Wildman–Crippen LogP) is 0.371. The van der Waals surface area contributed by atoms with Crippen LogP contribution in [-0.4, -0.2) is 19.0 Å². The van der Waals surface area contributed by atoms with Crippen molar-refractivity contribution in [3.8, 4) is 0 Å². The summed E-state index contributed by atoms with van der Waals surface area (Å²) in [6.07, 6.45) is 0. The Hall–Kier alpha value is -1.42. The van der Waals surface area contributed by atoms with Crippen molar-refractivity contribution in [2.24, 2.45) is 0 Å². The molecule has 0 saturated heterocycles. The second-order valence-corrected chi connectivity index (χ2v) is 2.81. The molecule has 0 unspecified atom stereocenters. The summed E-state index contributed by atoms with van der Waals surface area (Å²) >= 11 is 0. The van der Waals surface area contributed by atoms with Crippen LogP contribution in [0.3, 0.4) is 0 Å². The summed E-state index contributed by atoms with van der Waals surface area (Å²) in [5.41, 5.74) is 1.07. The number of nitro benzene ring substituents is 1. The molecule has 0 amide bonds. The minimum atomic E-state index is -0.383. The number of quaternary nitrogens is 1. The lowest BCUT2D eigenvalue weighted by atomic mass is 10.3. The summed E-state index contributed by atoms with van der Waals surface area (Å²) in [5, 5.41) is 10.4. The van der Waals surface area contributed by atoms with E-state index in [1.165, 1.54) is 6.07 Å². The molecule has 0 aromatic heterocycles. The van der Waals surface area contributed by atoms with E-state index in [9.17, 15) is 10.1 Å². The average Bonchev–Trinajstić information content (AvgIpc) is 2.04. The minimum absolute atomic E-state index is 0.147. The van der Waals surface area contributed by atoms with Crippen molar-refractivity contribution in [2.75, 3.05) is 14.1 Å². The summed E-state index contributed by atoms with van der Waals surface area (Å²) in [4.78, 5) is 11.1. The predicted molar refractivity (Wildman–Crippen MR) is 45.6 cm³/mol. The number of benzene rings is 1. The largest absolute Gasteiger partial charge is 0.307 e. The molecule has 64 valence electrons. The van der Waals surface area contributed by atoms with E-state index in [2.05, 4.69) is 0 Å². The van der Waals surface area contributed by atoms with Gasteiger partial charge in [-0.25, -0.2) is 0 Å². The van der Waals surface area contributed by atoms with E-state index in [1.54, 1.807) is 12.1 Å². The van der Waals surface area contributed by atoms with Crippen molar-refractivity contribution >= 4 is 11.4 Å². The molecule has 4 heteroatoms. The van der Waals surface area contributed by atoms with E-state index in [0.717, 1.165) is 10.6 Å². The molecule has 4 nitrogen and oxygen atoms in total. The Morgan fingerprint density at radius 2 is 2.08 bits per heavy atom. The standard InChI is InChI=1S/C8H10N2O2/c1-9(2)7-4-3-5-8(6-7)10(11)12/h3-6H,1-2H3/p+1. The zero-order chi connectivity index (χ0) is 9.14. The van der Waals surface area contributed by atoms with Crippen LogP contribution in [0.25, 0.3) is 0 Å². The Balaban J connectivity index is 3.04. The fraction of sp³-hybridized carbons (Fsp3) is 0.250. The third-order valence-corrected chi connectivity index (χ3v) is 1.63. The molecule has 1 N–H and O–H groups in total. The molecule has 12 heavy (non-hydrogen) atoms. The summed E-state index contributed by atoms with van der Waals surface area (Å²) in [6, 6.07) is 6.63. The SMILES string of the molecule is C[NH+](C)c1cccc([N+](=O)[O-])c1. The van der Waals surface area contributed by atoms with Crippen LogP contribution in [0.2, 0.25) is 0 Å². The maximum absolute atomic E-state index is 10.4. The van der Waals surface area contributed by atoms with Gasteiger partial charge in [0.15, 0.2) is 0 Å². The maximum atomic E-state index is 10.4. The van der Waals surface area contributed by atoms with Gasteiger partial charge in [-0.3, -0.25) is 10.1 Å². The number of hydrogen-bond donors (Lipinski definition) is 1. The molecule has 1 aromatic carbocycles. The van der Waals surface area contributed by atoms with Gasteiger partial charge in [0, 0.05) is 6.07 Å². The van der Waals surface area contributed by atoms with E-state index in [0.29, 0.717) is 0 Å². The normalized spacial score (nSPS) is 10.2. The number of nitrogens with zero attached hydrogens (tertiary/aromatic N) is 1. The molecule has 0 fully saturated rings. The highest BCUT2D eigenvalue weighted by Crippen LogP contribution is 2.13. The highest BCUT2D eigenvalue weighted by molar-refractivity contribution is 5.41. The molecule has 0 bridgehead atoms. The van der Waals surface area contributed by atoms with Gasteiger partial charge in [0.25, 0.3) is 5.69 Å². The molecule has 0 aliphatic carbocycles. The smallest absolute Gasteiger partial charge is 0.275 e. The van der Waals surface area contributed by atoms with Gasteiger partial charge in [-0.1, -0.05) is 0 Å². The quantitative estimate of drug-likeness (QED) is 0.511. The summed E-state index contributed by atoms with van der Waals surface area (Å²) in [7, 11) is 3.86. The highest BCUT2D eigenvalue weighted by Gasteiger charge is 2.08. The number of nitro groups is 1. The van der Waals surface area contributed by atoms with Crippen LogP contribution < -0.4 is 4.90 Å². The first kappa shape index (κ1) is 8.67. The van der Waals surface area contributed by atoms with Crippen LogP contribution >= 0.6 is 0 Å². The van der Waals surface area contributed by atoms with Crippen molar-refractivity contribution in [3.63, 3.8) is 0 Å². The molecule has 0 saturated carbocycles. The third-order valence-electron chi connectivity index (χ3n) is 1.63. The van der Waals surface area contributed by atoms with Crippen LogP contribution in [0.4, 0.5) is 11.4 Å². The first-order chi connectivity index (χ1) is 5.61. The summed E-state index contributed by atoms with van der Waals surface area (Å²) in [5.74, 6) is 0. The maximum Gasteiger partial charge on any atom is 0.275 e. The molecule has 1 rings (SSSR count). The van der Waals surface area contributed by atoms with Crippen molar-refractivity contribution in [1.29, 1.82) is 0 Å². The summed E-state index contributed by atoms with van der Waals surface area (Å²) in [6.45, 7) is 0. The van der Waals surface area contributed by atoms with Gasteiger partial charge in [0.05, 0.1) is 25.1 Å². The van der Waals surface area contributed by atoms with Gasteiger partial charge in [0.1, 0.15) is 5.69 Å². The Labute approximate surface area is 70.6 Å². The lowest BCUT2D eigenvalue weighted by molar-refractivity contribution is -0.786. The van der Waals surface area contributed by atoms with Gasteiger partial charge < -0.3 is 4.90 Å². The fourth-order valence-corrected chi connectivity index (χ4v) is 0.930. The van der Waals surface area contributed by atoms with E-state index in [1.807, 2.05) is 20.2 Å². The Morgan fingerprint density at radius 1 is 1.42 bits per heavy atom. The second-order valence-electron chi connectivity index (χ2n) is 2.81. The molecule has 0 spiro atoms. The van der Waals surface area contributed by atoms with Crippen molar-refractivity contribution in [1.82, 2.24) is 0 Å². The van der Waals surface area contributed by atoms with Crippen molar-refractivity contribution in [3.05, 3.63) is 34.4 Å². The molecule has 0 heterocycles. The van der Waals surface area contributed by atoms with Gasteiger partial charge >= 0.3 is 0 Å². The molecule has 0 atom stereocenters. The van der Waals surface area contributed by atoms with Gasteiger partial charge in [0.2, 0.25) is 0 Å². The van der Waals surface area contributed by atoms with Gasteiger partial charge in [-0.2, -0.15) is 0 Å². The van der Waals surface area contributed by atoms with E-state index in [4.69, 9.17) is 0 Å². The lowest BCUT2D eigenvalue weighted by Gasteiger charge is -2.04. The Morgan fingerprint density at radius 3 is 2.58 bits per heavy atom. The molecule has 0 radical (unpaired) electrons. The second kappa shape index (κ2) is 3.32. The average molecular weight is 167 g/mol. The van der Waals surface area contributed by atoms with Crippen LogP contribution in [0.1, 0.15) is 0 Å². The van der Waals surface area contributed by atoms with Gasteiger partial charge in [-0.05, 0) is 12.1 Å². The molecule has 1 aromatic rings. The number of non-ortho nitro benzene ring substituents is 1. The Kier molecular flexibility index (Phi) is 2.40. The first-order valence-corrected chi connectivity index (χ1v) is 3.66. The third kappa shape index (κ3) is 1.79. The van der Waals surface area contributed by atoms with Crippen molar-refractivity contribution in [2.45, 2.75) is 0 Å². The van der Waals surface area contributed by atoms with Gasteiger partial charge in [-0.15, -0.1) is 0 Å². The fourth-order valence-electron chi connectivity index (χ4n) is 0.930. The topological polar surface area (TPSA) is 47.6 Å². The van der Waals surface area contributed by atoms with Crippen LogP contribution in [0, 0.1) is 10.1 Å². The molecule has 0 aliphatic rings. The summed E-state index contributed by atoms with van der Waals surface area (Å²) < 4.78 is 0. The van der Waals surface area contributed by atoms with Crippen molar-refractivity contribution < 1.29 is 9.82 Å². The van der Waals surface area contributed by atoms with Crippen LogP contribution in [-0.2, 0) is 0 Å². The molecular formula is C8H11N2O2+. The number of nitrogens with one attached hydrogen (secondary N) is 1.